The Balaban J connectivity index is 0.000000161. The van der Waals surface area contributed by atoms with Crippen molar-refractivity contribution < 1.29 is 10.2 Å². The molecule has 0 radical (unpaired) electrons. The van der Waals surface area contributed by atoms with Crippen molar-refractivity contribution in [1.82, 2.24) is 0 Å². The van der Waals surface area contributed by atoms with E-state index in [9.17, 15) is 10.2 Å². The quantitative estimate of drug-likeness (QED) is 0.227. The molecule has 4 aromatic carbocycles. The number of aliphatic hydroxyl groups is 2. The van der Waals surface area contributed by atoms with Gasteiger partial charge in [-0.15, -0.1) is 0 Å². The minimum Gasteiger partial charge on any atom is -0.380 e. The summed E-state index contributed by atoms with van der Waals surface area (Å²) in [5, 5.41) is 25.6. The van der Waals surface area contributed by atoms with Gasteiger partial charge >= 0.3 is 0 Å². The van der Waals surface area contributed by atoms with E-state index in [4.69, 9.17) is 46.4 Å². The van der Waals surface area contributed by atoms with Gasteiger partial charge in [-0.1, -0.05) is 109 Å². The van der Waals surface area contributed by atoms with Crippen LogP contribution in [0.4, 0.5) is 0 Å². The monoisotopic (exact) mass is 612 g/mol. The maximum Gasteiger partial charge on any atom is 0.120 e. The fourth-order valence-electron chi connectivity index (χ4n) is 5.59. The second-order valence-corrected chi connectivity index (χ2v) is 13.3. The molecular weight excluding hydrogens is 582 g/mol. The highest BCUT2D eigenvalue weighted by atomic mass is 35.5. The average Bonchev–Trinajstić information content (AvgIpc) is 3.88. The molecule has 0 amide bonds. The van der Waals surface area contributed by atoms with Gasteiger partial charge in [0.1, 0.15) is 11.2 Å². The molecule has 0 aliphatic heterocycles. The Hall–Kier alpha value is -2.04. The minimum absolute atomic E-state index is 0.130. The van der Waals surface area contributed by atoms with Crippen molar-refractivity contribution in [2.75, 3.05) is 0 Å². The summed E-state index contributed by atoms with van der Waals surface area (Å²) in [5.41, 5.74) is 1.26. The van der Waals surface area contributed by atoms with Gasteiger partial charge in [0.2, 0.25) is 0 Å². The Kier molecular flexibility index (Phi) is 8.09. The fraction of sp³-hybridized carbons (Fsp3) is 0.294. The van der Waals surface area contributed by atoms with E-state index in [1.807, 2.05) is 97.1 Å². The van der Waals surface area contributed by atoms with Gasteiger partial charge in [0.25, 0.3) is 0 Å². The van der Waals surface area contributed by atoms with Crippen LogP contribution in [0.5, 0.6) is 0 Å². The van der Waals surface area contributed by atoms with Crippen molar-refractivity contribution >= 4 is 46.4 Å². The van der Waals surface area contributed by atoms with Crippen LogP contribution in [0.25, 0.3) is 0 Å². The van der Waals surface area contributed by atoms with Gasteiger partial charge in [-0.25, -0.2) is 0 Å². The molecule has 0 saturated heterocycles. The number of rotatable bonds is 6. The zero-order valence-corrected chi connectivity index (χ0v) is 25.5. The third kappa shape index (κ3) is 5.43. The van der Waals surface area contributed by atoms with E-state index in [1.165, 1.54) is 0 Å². The van der Waals surface area contributed by atoms with E-state index in [1.54, 1.807) is 0 Å². The normalized spacial score (nSPS) is 17.0. The van der Waals surface area contributed by atoms with Crippen LogP contribution < -0.4 is 0 Å². The van der Waals surface area contributed by atoms with E-state index >= 15 is 0 Å². The minimum atomic E-state index is -0.998. The number of hydrogen-bond acceptors (Lipinski definition) is 2. The average molecular weight is 614 g/mol. The number of hydrogen-bond donors (Lipinski definition) is 2. The van der Waals surface area contributed by atoms with Crippen LogP contribution in [0.3, 0.4) is 0 Å². The number of benzene rings is 4. The van der Waals surface area contributed by atoms with Crippen LogP contribution in [0, 0.1) is 10.8 Å². The van der Waals surface area contributed by atoms with Crippen molar-refractivity contribution in [3.05, 3.63) is 139 Å². The van der Waals surface area contributed by atoms with Gasteiger partial charge in [-0.05, 0) is 96.5 Å². The SMILES string of the molecule is CC1(C(O)(c2ccc(Cl)cc2)c2ccc(Cl)cc2)CC1.CC1(C(O)(c2ccc(Cl)cc2)c2ccc(Cl)cc2)CC1. The molecular formula is C34H32Cl4O2. The molecule has 0 spiro atoms. The molecule has 2 nitrogen and oxygen atoms in total. The van der Waals surface area contributed by atoms with Gasteiger partial charge in [0.05, 0.1) is 0 Å². The van der Waals surface area contributed by atoms with Crippen molar-refractivity contribution in [1.29, 1.82) is 0 Å². The molecule has 208 valence electrons. The first-order chi connectivity index (χ1) is 18.9. The smallest absolute Gasteiger partial charge is 0.120 e. The van der Waals surface area contributed by atoms with Gasteiger partial charge in [0, 0.05) is 30.9 Å². The van der Waals surface area contributed by atoms with Crippen LogP contribution in [0.15, 0.2) is 97.1 Å². The highest BCUT2D eigenvalue weighted by molar-refractivity contribution is 6.31. The molecule has 6 heteroatoms. The lowest BCUT2D eigenvalue weighted by molar-refractivity contribution is 0.00963. The van der Waals surface area contributed by atoms with Crippen LogP contribution >= 0.6 is 46.4 Å². The Morgan fingerprint density at radius 3 is 0.750 bits per heavy atom. The molecule has 0 aromatic heterocycles. The maximum atomic E-state index is 11.4. The van der Waals surface area contributed by atoms with E-state index in [2.05, 4.69) is 13.8 Å². The molecule has 40 heavy (non-hydrogen) atoms. The van der Waals surface area contributed by atoms with Crippen LogP contribution in [0.2, 0.25) is 20.1 Å². The predicted molar refractivity (Wildman–Crippen MR) is 166 cm³/mol. The maximum absolute atomic E-state index is 11.4. The Morgan fingerprint density at radius 1 is 0.425 bits per heavy atom. The second kappa shape index (κ2) is 11.0. The van der Waals surface area contributed by atoms with E-state index in [-0.39, 0.29) is 10.8 Å². The summed E-state index contributed by atoms with van der Waals surface area (Å²) < 4.78 is 0. The van der Waals surface area contributed by atoms with Crippen molar-refractivity contribution in [2.24, 2.45) is 10.8 Å². The second-order valence-electron chi connectivity index (χ2n) is 11.6. The Bertz CT molecular complexity index is 1250. The Morgan fingerprint density at radius 2 is 0.600 bits per heavy atom. The van der Waals surface area contributed by atoms with E-state index in [0.717, 1.165) is 47.9 Å². The van der Waals surface area contributed by atoms with Crippen LogP contribution in [0.1, 0.15) is 61.8 Å². The lowest BCUT2D eigenvalue weighted by Crippen LogP contribution is -2.36. The molecule has 0 bridgehead atoms. The van der Waals surface area contributed by atoms with Crippen molar-refractivity contribution in [2.45, 2.75) is 50.7 Å². The molecule has 2 saturated carbocycles. The molecule has 4 aromatic rings. The zero-order valence-electron chi connectivity index (χ0n) is 22.5. The molecule has 0 unspecified atom stereocenters. The fourth-order valence-corrected chi connectivity index (χ4v) is 6.09. The molecule has 2 aliphatic carbocycles. The summed E-state index contributed by atoms with van der Waals surface area (Å²) in [6.45, 7) is 4.24. The molecule has 0 heterocycles. The molecule has 2 fully saturated rings. The first-order valence-corrected chi connectivity index (χ1v) is 14.9. The third-order valence-electron chi connectivity index (χ3n) is 8.79. The first-order valence-electron chi connectivity index (χ1n) is 13.4. The van der Waals surface area contributed by atoms with Crippen LogP contribution in [-0.4, -0.2) is 10.2 Å². The number of halogens is 4. The Labute approximate surface area is 256 Å². The zero-order chi connectivity index (χ0) is 28.8. The van der Waals surface area contributed by atoms with Crippen molar-refractivity contribution in [3.8, 4) is 0 Å². The molecule has 2 aliphatic rings. The van der Waals surface area contributed by atoms with Gasteiger partial charge in [-0.3, -0.25) is 0 Å². The molecule has 6 rings (SSSR count). The lowest BCUT2D eigenvalue weighted by atomic mass is 9.74. The van der Waals surface area contributed by atoms with Gasteiger partial charge < -0.3 is 10.2 Å². The summed E-state index contributed by atoms with van der Waals surface area (Å²) >= 11 is 23.8. The topological polar surface area (TPSA) is 40.5 Å². The third-order valence-corrected chi connectivity index (χ3v) is 9.80. The highest BCUT2D eigenvalue weighted by Gasteiger charge is 2.57. The van der Waals surface area contributed by atoms with Crippen LogP contribution in [-0.2, 0) is 11.2 Å². The summed E-state index contributed by atoms with van der Waals surface area (Å²) in [5.74, 6) is 0. The summed E-state index contributed by atoms with van der Waals surface area (Å²) in [6.07, 6.45) is 4.03. The summed E-state index contributed by atoms with van der Waals surface area (Å²) in [4.78, 5) is 0. The molecule has 0 atom stereocenters. The largest absolute Gasteiger partial charge is 0.380 e. The summed E-state index contributed by atoms with van der Waals surface area (Å²) in [7, 11) is 0. The summed E-state index contributed by atoms with van der Waals surface area (Å²) in [6, 6.07) is 29.8. The van der Waals surface area contributed by atoms with E-state index < -0.39 is 11.2 Å². The first kappa shape index (κ1) is 29.5. The van der Waals surface area contributed by atoms with Gasteiger partial charge in [-0.2, -0.15) is 0 Å². The van der Waals surface area contributed by atoms with Crippen molar-refractivity contribution in [3.63, 3.8) is 0 Å². The predicted octanol–water partition coefficient (Wildman–Crippen LogP) is 10.1. The van der Waals surface area contributed by atoms with Gasteiger partial charge in [0.15, 0.2) is 0 Å². The standard InChI is InChI=1S/2C17H16Cl2O/c2*1-16(10-11-16)17(20,12-2-6-14(18)7-3-12)13-4-8-15(19)9-5-13/h2*2-9,20H,10-11H2,1H3. The highest BCUT2D eigenvalue weighted by Crippen LogP contribution is 2.61. The lowest BCUT2D eigenvalue weighted by Gasteiger charge is -2.36. The van der Waals surface area contributed by atoms with E-state index in [0.29, 0.717) is 20.1 Å². The molecule has 2 N–H and O–H groups in total.